The molecule has 0 aliphatic carbocycles. The minimum absolute atomic E-state index is 0.120. The van der Waals surface area contributed by atoms with Crippen molar-refractivity contribution in [3.63, 3.8) is 0 Å². The maximum Gasteiger partial charge on any atom is 0.262 e. The summed E-state index contributed by atoms with van der Waals surface area (Å²) in [4.78, 5) is 8.37. The van der Waals surface area contributed by atoms with E-state index in [1.54, 1.807) is 36.5 Å². The van der Waals surface area contributed by atoms with E-state index in [0.29, 0.717) is 34.8 Å². The Morgan fingerprint density at radius 1 is 1.12 bits per heavy atom. The molecular weight excluding hydrogens is 342 g/mol. The number of aromatic nitrogens is 2. The van der Waals surface area contributed by atoms with Gasteiger partial charge in [-0.25, -0.2) is 13.4 Å². The number of pyridine rings is 2. The fourth-order valence-electron chi connectivity index (χ4n) is 2.40. The van der Waals surface area contributed by atoms with Gasteiger partial charge >= 0.3 is 0 Å². The van der Waals surface area contributed by atoms with Crippen molar-refractivity contribution in [2.45, 2.75) is 11.8 Å². The monoisotopic (exact) mass is 359 g/mol. The van der Waals surface area contributed by atoms with Crippen LogP contribution in [0.3, 0.4) is 0 Å². The molecule has 0 unspecified atom stereocenters. The summed E-state index contributed by atoms with van der Waals surface area (Å²) >= 11 is 0. The average Bonchev–Trinajstić information content (AvgIpc) is 2.62. The Morgan fingerprint density at radius 2 is 1.96 bits per heavy atom. The predicted octanol–water partition coefficient (Wildman–Crippen LogP) is 2.84. The summed E-state index contributed by atoms with van der Waals surface area (Å²) in [5, 5.41) is 0.488. The molecule has 0 aliphatic heterocycles. The molecule has 1 aromatic carbocycles. The van der Waals surface area contributed by atoms with E-state index in [2.05, 4.69) is 14.7 Å². The zero-order chi connectivity index (χ0) is 17.9. The van der Waals surface area contributed by atoms with E-state index in [9.17, 15) is 8.42 Å². The molecule has 0 saturated heterocycles. The molecule has 0 atom stereocenters. The zero-order valence-electron chi connectivity index (χ0n) is 13.8. The van der Waals surface area contributed by atoms with Gasteiger partial charge in [-0.2, -0.15) is 0 Å². The number of anilines is 1. The van der Waals surface area contributed by atoms with Crippen LogP contribution in [0, 0.1) is 0 Å². The van der Waals surface area contributed by atoms with E-state index in [0.717, 1.165) is 0 Å². The van der Waals surface area contributed by atoms with Gasteiger partial charge in [0.15, 0.2) is 0 Å². The van der Waals surface area contributed by atoms with Gasteiger partial charge in [-0.1, -0.05) is 0 Å². The maximum atomic E-state index is 12.8. The van der Waals surface area contributed by atoms with Crippen LogP contribution in [-0.2, 0) is 10.0 Å². The van der Waals surface area contributed by atoms with Crippen molar-refractivity contribution in [1.29, 1.82) is 0 Å². The van der Waals surface area contributed by atoms with E-state index in [-0.39, 0.29) is 4.90 Å². The summed E-state index contributed by atoms with van der Waals surface area (Å²) < 4.78 is 38.6. The van der Waals surface area contributed by atoms with Crippen LogP contribution in [0.5, 0.6) is 11.6 Å². The first-order chi connectivity index (χ1) is 12.0. The third kappa shape index (κ3) is 3.48. The van der Waals surface area contributed by atoms with Crippen LogP contribution in [0.2, 0.25) is 0 Å². The van der Waals surface area contributed by atoms with Gasteiger partial charge in [0.1, 0.15) is 11.3 Å². The van der Waals surface area contributed by atoms with E-state index in [1.807, 2.05) is 6.92 Å². The number of methoxy groups -OCH3 is 1. The van der Waals surface area contributed by atoms with E-state index < -0.39 is 10.0 Å². The molecule has 0 aliphatic rings. The molecule has 2 heterocycles. The van der Waals surface area contributed by atoms with E-state index >= 15 is 0 Å². The van der Waals surface area contributed by atoms with Crippen molar-refractivity contribution in [2.24, 2.45) is 0 Å². The number of hydrogen-bond acceptors (Lipinski definition) is 6. The molecule has 0 radical (unpaired) electrons. The summed E-state index contributed by atoms with van der Waals surface area (Å²) in [6, 6.07) is 9.67. The summed E-state index contributed by atoms with van der Waals surface area (Å²) in [7, 11) is -2.33. The molecule has 25 heavy (non-hydrogen) atoms. The summed E-state index contributed by atoms with van der Waals surface area (Å²) in [6.07, 6.45) is 2.99. The lowest BCUT2D eigenvalue weighted by molar-refractivity contribution is 0.343. The van der Waals surface area contributed by atoms with Crippen molar-refractivity contribution >= 4 is 26.6 Å². The Labute approximate surface area is 145 Å². The summed E-state index contributed by atoms with van der Waals surface area (Å²) in [5.41, 5.74) is 0.840. The zero-order valence-corrected chi connectivity index (χ0v) is 14.6. The fraction of sp³-hybridized carbons (Fsp3) is 0.176. The second-order valence-corrected chi connectivity index (χ2v) is 6.74. The van der Waals surface area contributed by atoms with Crippen molar-refractivity contribution in [2.75, 3.05) is 18.4 Å². The van der Waals surface area contributed by atoms with Crippen LogP contribution < -0.4 is 14.2 Å². The molecule has 8 heteroatoms. The van der Waals surface area contributed by atoms with Crippen LogP contribution >= 0.6 is 0 Å². The second-order valence-electron chi connectivity index (χ2n) is 5.09. The standard InChI is InChI=1S/C17H17N3O4S/c1-3-24-14-7-8-15(13-5-4-10-18-17(13)14)25(21,22)20-12-6-9-16(23-2)19-11-12/h4-11,20H,3H2,1-2H3. The molecule has 0 fully saturated rings. The first kappa shape index (κ1) is 17.0. The van der Waals surface area contributed by atoms with Gasteiger partial charge in [0.05, 0.1) is 30.5 Å². The van der Waals surface area contributed by atoms with E-state index in [4.69, 9.17) is 9.47 Å². The minimum Gasteiger partial charge on any atom is -0.492 e. The molecule has 0 saturated carbocycles. The molecular formula is C17H17N3O4S. The molecule has 3 aromatic rings. The molecule has 1 N–H and O–H groups in total. The highest BCUT2D eigenvalue weighted by Gasteiger charge is 2.20. The van der Waals surface area contributed by atoms with Crippen molar-refractivity contribution in [1.82, 2.24) is 9.97 Å². The largest absolute Gasteiger partial charge is 0.492 e. The Morgan fingerprint density at radius 3 is 2.64 bits per heavy atom. The van der Waals surface area contributed by atoms with Crippen LogP contribution in [-0.4, -0.2) is 32.1 Å². The van der Waals surface area contributed by atoms with E-state index in [1.165, 1.54) is 19.4 Å². The van der Waals surface area contributed by atoms with Gasteiger partial charge in [-0.15, -0.1) is 0 Å². The molecule has 0 bridgehead atoms. The van der Waals surface area contributed by atoms with Gasteiger partial charge in [0.2, 0.25) is 5.88 Å². The molecule has 0 spiro atoms. The van der Waals surface area contributed by atoms with Gasteiger partial charge in [-0.3, -0.25) is 9.71 Å². The number of nitrogens with one attached hydrogen (secondary N) is 1. The van der Waals surface area contributed by atoms with Crippen LogP contribution in [0.4, 0.5) is 5.69 Å². The van der Waals surface area contributed by atoms with Crippen LogP contribution in [0.1, 0.15) is 6.92 Å². The third-order valence-corrected chi connectivity index (χ3v) is 4.92. The average molecular weight is 359 g/mol. The van der Waals surface area contributed by atoms with Gasteiger partial charge < -0.3 is 9.47 Å². The van der Waals surface area contributed by atoms with Crippen LogP contribution in [0.25, 0.3) is 10.9 Å². The Balaban J connectivity index is 2.03. The Hall–Kier alpha value is -2.87. The second kappa shape index (κ2) is 6.94. The quantitative estimate of drug-likeness (QED) is 0.728. The maximum absolute atomic E-state index is 12.8. The number of hydrogen-bond donors (Lipinski definition) is 1. The number of benzene rings is 1. The lowest BCUT2D eigenvalue weighted by Crippen LogP contribution is -2.14. The molecule has 2 aromatic heterocycles. The normalized spacial score (nSPS) is 11.3. The fourth-order valence-corrected chi connectivity index (χ4v) is 3.64. The summed E-state index contributed by atoms with van der Waals surface area (Å²) in [6.45, 7) is 2.32. The predicted molar refractivity (Wildman–Crippen MR) is 94.5 cm³/mol. The van der Waals surface area contributed by atoms with Gasteiger partial charge in [-0.05, 0) is 37.3 Å². The molecule has 130 valence electrons. The first-order valence-corrected chi connectivity index (χ1v) is 9.07. The van der Waals surface area contributed by atoms with Gasteiger partial charge in [0.25, 0.3) is 10.0 Å². The SMILES string of the molecule is CCOc1ccc(S(=O)(=O)Nc2ccc(OC)nc2)c2cccnc12. The highest BCUT2D eigenvalue weighted by Crippen LogP contribution is 2.30. The van der Waals surface area contributed by atoms with Crippen molar-refractivity contribution in [3.8, 4) is 11.6 Å². The highest BCUT2D eigenvalue weighted by atomic mass is 32.2. The van der Waals surface area contributed by atoms with Crippen molar-refractivity contribution in [3.05, 3.63) is 48.8 Å². The minimum atomic E-state index is -3.82. The first-order valence-electron chi connectivity index (χ1n) is 7.58. The molecule has 7 nitrogen and oxygen atoms in total. The molecule has 3 rings (SSSR count). The topological polar surface area (TPSA) is 90.4 Å². The lowest BCUT2D eigenvalue weighted by Gasteiger charge is -2.12. The van der Waals surface area contributed by atoms with Crippen molar-refractivity contribution < 1.29 is 17.9 Å². The number of rotatable bonds is 6. The number of sulfonamides is 1. The van der Waals surface area contributed by atoms with Gasteiger partial charge in [0, 0.05) is 17.6 Å². The Kier molecular flexibility index (Phi) is 4.71. The number of fused-ring (bicyclic) bond motifs is 1. The number of nitrogens with zero attached hydrogens (tertiary/aromatic N) is 2. The summed E-state index contributed by atoms with van der Waals surface area (Å²) in [5.74, 6) is 0.946. The highest BCUT2D eigenvalue weighted by molar-refractivity contribution is 7.93. The number of ether oxygens (including phenoxy) is 2. The molecule has 0 amide bonds. The Bertz CT molecular complexity index is 988. The van der Waals surface area contributed by atoms with Crippen LogP contribution in [0.15, 0.2) is 53.7 Å². The lowest BCUT2D eigenvalue weighted by atomic mass is 10.2. The smallest absolute Gasteiger partial charge is 0.262 e. The third-order valence-electron chi connectivity index (χ3n) is 3.48.